The van der Waals surface area contributed by atoms with Gasteiger partial charge in [0.05, 0.1) is 13.2 Å². The second kappa shape index (κ2) is 8.32. The molecule has 3 atom stereocenters. The van der Waals surface area contributed by atoms with Gasteiger partial charge in [0.15, 0.2) is 0 Å². The van der Waals surface area contributed by atoms with Crippen LogP contribution in [0.25, 0.3) is 0 Å². The normalized spacial score (nSPS) is 29.2. The van der Waals surface area contributed by atoms with E-state index in [9.17, 15) is 0 Å². The van der Waals surface area contributed by atoms with Crippen LogP contribution in [0.2, 0.25) is 0 Å². The van der Waals surface area contributed by atoms with E-state index >= 15 is 0 Å². The summed E-state index contributed by atoms with van der Waals surface area (Å²) in [6.07, 6.45) is 2.75. The third-order valence-corrected chi connectivity index (χ3v) is 4.88. The average molecular weight is 283 g/mol. The van der Waals surface area contributed by atoms with Gasteiger partial charge in [-0.3, -0.25) is 4.90 Å². The molecule has 4 heteroatoms. The van der Waals surface area contributed by atoms with Gasteiger partial charge in [-0.15, -0.1) is 0 Å². The van der Waals surface area contributed by atoms with Crippen LogP contribution in [0, 0.1) is 5.92 Å². The molecule has 0 radical (unpaired) electrons. The molecule has 0 bridgehead atoms. The molecule has 4 nitrogen and oxygen atoms in total. The van der Waals surface area contributed by atoms with Gasteiger partial charge < -0.3 is 15.0 Å². The average Bonchev–Trinajstić information content (AvgIpc) is 2.48. The van der Waals surface area contributed by atoms with Gasteiger partial charge in [0.25, 0.3) is 0 Å². The fourth-order valence-electron chi connectivity index (χ4n) is 3.60. The standard InChI is InChI=1S/C16H33N3O/c1-4-18-7-5-6-16(13-18)15(3)17-14(2)12-19-8-10-20-11-9-19/h14-17H,4-13H2,1-3H3. The fourth-order valence-corrected chi connectivity index (χ4v) is 3.60. The summed E-state index contributed by atoms with van der Waals surface area (Å²) >= 11 is 0. The second-order valence-electron chi connectivity index (χ2n) is 6.56. The van der Waals surface area contributed by atoms with Crippen molar-refractivity contribution in [3.05, 3.63) is 0 Å². The molecule has 2 heterocycles. The van der Waals surface area contributed by atoms with E-state index in [1.165, 1.54) is 32.5 Å². The van der Waals surface area contributed by atoms with Gasteiger partial charge in [0.2, 0.25) is 0 Å². The summed E-state index contributed by atoms with van der Waals surface area (Å²) in [4.78, 5) is 5.12. The molecule has 1 N–H and O–H groups in total. The van der Waals surface area contributed by atoms with Crippen molar-refractivity contribution in [2.24, 2.45) is 5.92 Å². The Hall–Kier alpha value is -0.160. The molecule has 20 heavy (non-hydrogen) atoms. The molecule has 2 aliphatic heterocycles. The van der Waals surface area contributed by atoms with E-state index in [0.717, 1.165) is 38.8 Å². The van der Waals surface area contributed by atoms with Crippen molar-refractivity contribution in [2.75, 3.05) is 52.5 Å². The van der Waals surface area contributed by atoms with E-state index in [2.05, 4.69) is 35.9 Å². The van der Waals surface area contributed by atoms with Gasteiger partial charge in [-0.1, -0.05) is 6.92 Å². The predicted molar refractivity (Wildman–Crippen MR) is 84.2 cm³/mol. The Balaban J connectivity index is 1.70. The van der Waals surface area contributed by atoms with Gasteiger partial charge >= 0.3 is 0 Å². The van der Waals surface area contributed by atoms with Crippen LogP contribution in [0.15, 0.2) is 0 Å². The molecule has 118 valence electrons. The van der Waals surface area contributed by atoms with Crippen LogP contribution < -0.4 is 5.32 Å². The third kappa shape index (κ3) is 4.99. The van der Waals surface area contributed by atoms with Crippen molar-refractivity contribution in [3.8, 4) is 0 Å². The Labute approximate surface area is 124 Å². The molecule has 0 aromatic carbocycles. The van der Waals surface area contributed by atoms with Crippen LogP contribution in [-0.2, 0) is 4.74 Å². The molecule has 0 saturated carbocycles. The Bertz CT molecular complexity index is 268. The Morgan fingerprint density at radius 1 is 1.15 bits per heavy atom. The first-order chi connectivity index (χ1) is 9.69. The van der Waals surface area contributed by atoms with Gasteiger partial charge in [0, 0.05) is 38.3 Å². The minimum atomic E-state index is 0.570. The SMILES string of the molecule is CCN1CCCC(C(C)NC(C)CN2CCOCC2)C1. The summed E-state index contributed by atoms with van der Waals surface area (Å²) in [7, 11) is 0. The first-order valence-electron chi connectivity index (χ1n) is 8.47. The molecule has 2 aliphatic rings. The molecule has 0 spiro atoms. The summed E-state index contributed by atoms with van der Waals surface area (Å²) in [6, 6.07) is 1.19. The zero-order valence-electron chi connectivity index (χ0n) is 13.6. The van der Waals surface area contributed by atoms with E-state index in [0.29, 0.717) is 12.1 Å². The Kier molecular flexibility index (Phi) is 6.75. The lowest BCUT2D eigenvalue weighted by molar-refractivity contribution is 0.0330. The second-order valence-corrected chi connectivity index (χ2v) is 6.56. The number of ether oxygens (including phenoxy) is 1. The van der Waals surface area contributed by atoms with Crippen molar-refractivity contribution < 1.29 is 4.74 Å². The highest BCUT2D eigenvalue weighted by molar-refractivity contribution is 4.82. The molecule has 2 rings (SSSR count). The van der Waals surface area contributed by atoms with Crippen molar-refractivity contribution in [3.63, 3.8) is 0 Å². The lowest BCUT2D eigenvalue weighted by Crippen LogP contribution is -2.50. The lowest BCUT2D eigenvalue weighted by atomic mass is 9.91. The van der Waals surface area contributed by atoms with Crippen LogP contribution in [0.4, 0.5) is 0 Å². The maximum absolute atomic E-state index is 5.41. The topological polar surface area (TPSA) is 27.7 Å². The largest absolute Gasteiger partial charge is 0.379 e. The zero-order chi connectivity index (χ0) is 14.4. The summed E-state index contributed by atoms with van der Waals surface area (Å²) in [5.41, 5.74) is 0. The lowest BCUT2D eigenvalue weighted by Gasteiger charge is -2.37. The summed E-state index contributed by atoms with van der Waals surface area (Å²) < 4.78 is 5.41. The number of nitrogens with one attached hydrogen (secondary N) is 1. The Morgan fingerprint density at radius 3 is 2.60 bits per heavy atom. The first kappa shape index (κ1) is 16.2. The van der Waals surface area contributed by atoms with Gasteiger partial charge in [-0.2, -0.15) is 0 Å². The Morgan fingerprint density at radius 2 is 1.90 bits per heavy atom. The van der Waals surface area contributed by atoms with Crippen LogP contribution in [-0.4, -0.2) is 74.4 Å². The molecule has 0 aromatic heterocycles. The number of rotatable bonds is 6. The summed E-state index contributed by atoms with van der Waals surface area (Å²) in [5.74, 6) is 0.816. The van der Waals surface area contributed by atoms with Crippen LogP contribution >= 0.6 is 0 Å². The minimum Gasteiger partial charge on any atom is -0.379 e. The van der Waals surface area contributed by atoms with Crippen LogP contribution in [0.5, 0.6) is 0 Å². The van der Waals surface area contributed by atoms with Crippen molar-refractivity contribution in [1.82, 2.24) is 15.1 Å². The van der Waals surface area contributed by atoms with Gasteiger partial charge in [-0.05, 0) is 45.7 Å². The van der Waals surface area contributed by atoms with E-state index in [1.807, 2.05) is 0 Å². The van der Waals surface area contributed by atoms with E-state index < -0.39 is 0 Å². The maximum Gasteiger partial charge on any atom is 0.0594 e. The maximum atomic E-state index is 5.41. The monoisotopic (exact) mass is 283 g/mol. The molecule has 0 amide bonds. The first-order valence-corrected chi connectivity index (χ1v) is 8.47. The number of hydrogen-bond acceptors (Lipinski definition) is 4. The molecule has 3 unspecified atom stereocenters. The fraction of sp³-hybridized carbons (Fsp3) is 1.00. The zero-order valence-corrected chi connectivity index (χ0v) is 13.6. The summed E-state index contributed by atoms with van der Waals surface area (Å²) in [6.45, 7) is 15.9. The third-order valence-electron chi connectivity index (χ3n) is 4.88. The molecule has 2 saturated heterocycles. The van der Waals surface area contributed by atoms with Crippen LogP contribution in [0.3, 0.4) is 0 Å². The number of piperidine rings is 1. The van der Waals surface area contributed by atoms with E-state index in [1.54, 1.807) is 0 Å². The molecule has 2 fully saturated rings. The molecule has 0 aliphatic carbocycles. The van der Waals surface area contributed by atoms with Crippen molar-refractivity contribution >= 4 is 0 Å². The smallest absolute Gasteiger partial charge is 0.0594 e. The predicted octanol–water partition coefficient (Wildman–Crippen LogP) is 1.42. The molecule has 0 aromatic rings. The van der Waals surface area contributed by atoms with Crippen molar-refractivity contribution in [1.29, 1.82) is 0 Å². The van der Waals surface area contributed by atoms with E-state index in [4.69, 9.17) is 4.74 Å². The van der Waals surface area contributed by atoms with Crippen molar-refractivity contribution in [2.45, 2.75) is 45.7 Å². The number of likely N-dealkylation sites (tertiary alicyclic amines) is 1. The summed E-state index contributed by atoms with van der Waals surface area (Å²) in [5, 5.41) is 3.83. The highest BCUT2D eigenvalue weighted by Crippen LogP contribution is 2.19. The highest BCUT2D eigenvalue weighted by Gasteiger charge is 2.25. The molecular weight excluding hydrogens is 250 g/mol. The molecular formula is C16H33N3O. The number of morpholine rings is 1. The van der Waals surface area contributed by atoms with Gasteiger partial charge in [0.1, 0.15) is 0 Å². The van der Waals surface area contributed by atoms with E-state index in [-0.39, 0.29) is 0 Å². The van der Waals surface area contributed by atoms with Crippen LogP contribution in [0.1, 0.15) is 33.6 Å². The number of hydrogen-bond donors (Lipinski definition) is 1. The quantitative estimate of drug-likeness (QED) is 0.798. The highest BCUT2D eigenvalue weighted by atomic mass is 16.5. The minimum absolute atomic E-state index is 0.570. The number of nitrogens with zero attached hydrogens (tertiary/aromatic N) is 2. The van der Waals surface area contributed by atoms with Gasteiger partial charge in [-0.25, -0.2) is 0 Å².